The average molecular weight is 245 g/mol. The summed E-state index contributed by atoms with van der Waals surface area (Å²) in [5.41, 5.74) is 2.07. The number of carbonyl (C=O) groups is 2. The molecule has 0 spiro atoms. The van der Waals surface area contributed by atoms with E-state index in [-0.39, 0.29) is 5.91 Å². The summed E-state index contributed by atoms with van der Waals surface area (Å²) >= 11 is 0. The molecular formula is C14H15NO3. The number of hydrogen-bond acceptors (Lipinski definition) is 2. The van der Waals surface area contributed by atoms with Gasteiger partial charge in [0.25, 0.3) is 5.91 Å². The van der Waals surface area contributed by atoms with E-state index in [4.69, 9.17) is 5.11 Å². The van der Waals surface area contributed by atoms with Gasteiger partial charge in [-0.2, -0.15) is 0 Å². The predicted molar refractivity (Wildman–Crippen MR) is 67.2 cm³/mol. The second kappa shape index (κ2) is 5.04. The lowest BCUT2D eigenvalue weighted by molar-refractivity contribution is -0.132. The number of carbonyl (C=O) groups excluding carboxylic acids is 1. The van der Waals surface area contributed by atoms with Gasteiger partial charge >= 0.3 is 5.97 Å². The lowest BCUT2D eigenvalue weighted by atomic mass is 10.1. The first-order valence-corrected chi connectivity index (χ1v) is 5.93. The maximum absolute atomic E-state index is 12.0. The summed E-state index contributed by atoms with van der Waals surface area (Å²) in [5, 5.41) is 8.91. The Kier molecular flexibility index (Phi) is 3.46. The van der Waals surface area contributed by atoms with E-state index in [1.54, 1.807) is 24.0 Å². The number of hydrogen-bond donors (Lipinski definition) is 1. The Morgan fingerprint density at radius 1 is 1.44 bits per heavy atom. The fourth-order valence-corrected chi connectivity index (χ4v) is 2.07. The third kappa shape index (κ3) is 2.27. The Morgan fingerprint density at radius 2 is 2.17 bits per heavy atom. The number of rotatable bonds is 4. The molecule has 0 atom stereocenters. The maximum atomic E-state index is 12.0. The molecule has 1 aliphatic rings. The quantitative estimate of drug-likeness (QED) is 0.826. The number of benzene rings is 1. The molecule has 0 radical (unpaired) electrons. The summed E-state index contributed by atoms with van der Waals surface area (Å²) in [5.74, 6) is -0.940. The monoisotopic (exact) mass is 245 g/mol. The van der Waals surface area contributed by atoms with Gasteiger partial charge in [-0.3, -0.25) is 4.79 Å². The minimum atomic E-state index is -0.915. The smallest absolute Gasteiger partial charge is 0.331 e. The highest BCUT2D eigenvalue weighted by atomic mass is 16.4. The van der Waals surface area contributed by atoms with Crippen LogP contribution in [0.5, 0.6) is 0 Å². The van der Waals surface area contributed by atoms with Gasteiger partial charge in [-0.25, -0.2) is 4.79 Å². The normalized spacial score (nSPS) is 14.8. The number of fused-ring (bicyclic) bond motifs is 1. The molecule has 0 bridgehead atoms. The van der Waals surface area contributed by atoms with Crippen molar-refractivity contribution in [2.75, 3.05) is 6.54 Å². The molecule has 18 heavy (non-hydrogen) atoms. The zero-order valence-corrected chi connectivity index (χ0v) is 10.2. The maximum Gasteiger partial charge on any atom is 0.331 e. The van der Waals surface area contributed by atoms with Gasteiger partial charge in [0.15, 0.2) is 0 Å². The number of carboxylic acid groups (broad SMARTS) is 1. The van der Waals surface area contributed by atoms with Crippen LogP contribution in [0.15, 0.2) is 35.9 Å². The molecule has 1 aromatic carbocycles. The molecule has 1 heterocycles. The second-order valence-electron chi connectivity index (χ2n) is 4.23. The van der Waals surface area contributed by atoms with E-state index in [1.807, 2.05) is 18.2 Å². The molecule has 0 aromatic heterocycles. The Bertz CT molecular complexity index is 520. The zero-order chi connectivity index (χ0) is 13.1. The van der Waals surface area contributed by atoms with Crippen molar-refractivity contribution in [2.24, 2.45) is 0 Å². The first-order chi connectivity index (χ1) is 8.63. The summed E-state index contributed by atoms with van der Waals surface area (Å²) in [7, 11) is 0. The molecule has 0 saturated heterocycles. The van der Waals surface area contributed by atoms with Gasteiger partial charge in [0.2, 0.25) is 0 Å². The van der Waals surface area contributed by atoms with Crippen LogP contribution in [-0.2, 0) is 11.3 Å². The summed E-state index contributed by atoms with van der Waals surface area (Å²) in [6.07, 6.45) is 2.08. The number of amides is 1. The third-order valence-electron chi connectivity index (χ3n) is 3.11. The van der Waals surface area contributed by atoms with Crippen LogP contribution in [0.25, 0.3) is 0 Å². The lowest BCUT2D eigenvalue weighted by Crippen LogP contribution is -2.24. The van der Waals surface area contributed by atoms with Gasteiger partial charge in [-0.15, -0.1) is 0 Å². The van der Waals surface area contributed by atoms with E-state index in [2.05, 4.69) is 0 Å². The van der Waals surface area contributed by atoms with Crippen LogP contribution >= 0.6 is 0 Å². The highest BCUT2D eigenvalue weighted by Crippen LogP contribution is 2.22. The molecule has 1 aliphatic heterocycles. The van der Waals surface area contributed by atoms with Crippen molar-refractivity contribution in [2.45, 2.75) is 19.9 Å². The number of carboxylic acids is 1. The minimum Gasteiger partial charge on any atom is -0.478 e. The molecule has 0 fully saturated rings. The molecule has 1 N–H and O–H groups in total. The van der Waals surface area contributed by atoms with Crippen molar-refractivity contribution >= 4 is 11.9 Å². The minimum absolute atomic E-state index is 0.0253. The van der Waals surface area contributed by atoms with Crippen LogP contribution in [0.2, 0.25) is 0 Å². The van der Waals surface area contributed by atoms with E-state index >= 15 is 0 Å². The third-order valence-corrected chi connectivity index (χ3v) is 3.11. The highest BCUT2D eigenvalue weighted by Gasteiger charge is 2.25. The Morgan fingerprint density at radius 3 is 2.78 bits per heavy atom. The van der Waals surface area contributed by atoms with E-state index < -0.39 is 5.97 Å². The van der Waals surface area contributed by atoms with Gasteiger partial charge in [0.1, 0.15) is 0 Å². The van der Waals surface area contributed by atoms with Crippen molar-refractivity contribution in [1.29, 1.82) is 0 Å². The molecule has 94 valence electrons. The van der Waals surface area contributed by atoms with E-state index in [0.29, 0.717) is 25.1 Å². The van der Waals surface area contributed by atoms with Crippen molar-refractivity contribution in [1.82, 2.24) is 4.90 Å². The van der Waals surface area contributed by atoms with Crippen LogP contribution in [-0.4, -0.2) is 28.4 Å². The zero-order valence-electron chi connectivity index (χ0n) is 10.2. The number of nitrogens with zero attached hydrogens (tertiary/aromatic N) is 1. The first kappa shape index (κ1) is 12.4. The van der Waals surface area contributed by atoms with Crippen LogP contribution in [0.1, 0.15) is 29.3 Å². The molecule has 2 rings (SSSR count). The molecule has 4 heteroatoms. The van der Waals surface area contributed by atoms with Crippen molar-refractivity contribution in [3.8, 4) is 0 Å². The summed E-state index contributed by atoms with van der Waals surface area (Å²) < 4.78 is 0. The molecule has 0 saturated carbocycles. The Balaban J connectivity index is 2.11. The fourth-order valence-electron chi connectivity index (χ4n) is 2.07. The molecule has 1 aromatic rings. The van der Waals surface area contributed by atoms with Crippen LogP contribution in [0.4, 0.5) is 0 Å². The topological polar surface area (TPSA) is 57.6 Å². The van der Waals surface area contributed by atoms with Crippen molar-refractivity contribution in [3.63, 3.8) is 0 Å². The molecule has 0 aliphatic carbocycles. The lowest BCUT2D eigenvalue weighted by Gasteiger charge is -2.13. The van der Waals surface area contributed by atoms with Gasteiger partial charge in [0, 0.05) is 24.2 Å². The highest BCUT2D eigenvalue weighted by molar-refractivity contribution is 5.98. The van der Waals surface area contributed by atoms with E-state index in [0.717, 1.165) is 11.1 Å². The van der Waals surface area contributed by atoms with E-state index in [1.165, 1.54) is 0 Å². The Labute approximate surface area is 106 Å². The summed E-state index contributed by atoms with van der Waals surface area (Å²) in [6.45, 7) is 2.70. The van der Waals surface area contributed by atoms with Gasteiger partial charge in [-0.05, 0) is 18.1 Å². The van der Waals surface area contributed by atoms with Crippen LogP contribution < -0.4 is 0 Å². The van der Waals surface area contributed by atoms with Gasteiger partial charge in [0.05, 0.1) is 0 Å². The van der Waals surface area contributed by atoms with Crippen LogP contribution in [0.3, 0.4) is 0 Å². The molecule has 4 nitrogen and oxygen atoms in total. The molecular weight excluding hydrogens is 230 g/mol. The van der Waals surface area contributed by atoms with Gasteiger partial charge in [-0.1, -0.05) is 31.2 Å². The SMILES string of the molecule is CCC(=CCN1Cc2ccccc2C1=O)C(=O)O. The fraction of sp³-hybridized carbons (Fsp3) is 0.286. The largest absolute Gasteiger partial charge is 0.478 e. The van der Waals surface area contributed by atoms with E-state index in [9.17, 15) is 9.59 Å². The first-order valence-electron chi connectivity index (χ1n) is 5.93. The summed E-state index contributed by atoms with van der Waals surface area (Å²) in [6, 6.07) is 7.47. The Hall–Kier alpha value is -2.10. The molecule has 0 unspecified atom stereocenters. The summed E-state index contributed by atoms with van der Waals surface area (Å²) in [4.78, 5) is 24.5. The van der Waals surface area contributed by atoms with Crippen LogP contribution in [0, 0.1) is 0 Å². The van der Waals surface area contributed by atoms with Gasteiger partial charge < -0.3 is 10.0 Å². The average Bonchev–Trinajstić information content (AvgIpc) is 2.67. The van der Waals surface area contributed by atoms with Crippen molar-refractivity contribution in [3.05, 3.63) is 47.0 Å². The van der Waals surface area contributed by atoms with Crippen molar-refractivity contribution < 1.29 is 14.7 Å². The standard InChI is InChI=1S/C14H15NO3/c1-2-10(14(17)18)7-8-15-9-11-5-3-4-6-12(11)13(15)16/h3-7H,2,8-9H2,1H3,(H,17,18). The molecule has 1 amide bonds. The predicted octanol–water partition coefficient (Wildman–Crippen LogP) is 2.06. The number of aliphatic carboxylic acids is 1. The second-order valence-corrected chi connectivity index (χ2v) is 4.23.